The van der Waals surface area contributed by atoms with E-state index >= 15 is 0 Å². The Morgan fingerprint density at radius 3 is 2.79 bits per heavy atom. The molecule has 2 aromatic carbocycles. The van der Waals surface area contributed by atoms with Crippen LogP contribution in [-0.4, -0.2) is 37.2 Å². The fourth-order valence-electron chi connectivity index (χ4n) is 3.86. The van der Waals surface area contributed by atoms with Gasteiger partial charge in [0.15, 0.2) is 0 Å². The summed E-state index contributed by atoms with van der Waals surface area (Å²) in [5.41, 5.74) is 3.57. The Morgan fingerprint density at radius 2 is 1.90 bits per heavy atom. The molecule has 0 radical (unpaired) electrons. The van der Waals surface area contributed by atoms with Gasteiger partial charge in [-0.2, -0.15) is 0 Å². The van der Waals surface area contributed by atoms with Gasteiger partial charge in [0.1, 0.15) is 0 Å². The van der Waals surface area contributed by atoms with Crippen molar-refractivity contribution in [3.05, 3.63) is 59.7 Å². The molecule has 7 heteroatoms. The van der Waals surface area contributed by atoms with Gasteiger partial charge in [0, 0.05) is 42.6 Å². The van der Waals surface area contributed by atoms with Crippen molar-refractivity contribution in [1.29, 1.82) is 0 Å². The fraction of sp³-hybridized carbons (Fsp3) is 0.364. The number of thioether (sulfide) groups is 1. The zero-order chi connectivity index (χ0) is 19.3. The number of halogens is 1. The molecular weight excluding hydrogens is 406 g/mol. The van der Waals surface area contributed by atoms with Crippen LogP contribution in [0.25, 0.3) is 0 Å². The van der Waals surface area contributed by atoms with Crippen LogP contribution < -0.4 is 15.5 Å². The molecule has 0 saturated carbocycles. The summed E-state index contributed by atoms with van der Waals surface area (Å²) in [5.74, 6) is 0.837. The van der Waals surface area contributed by atoms with Gasteiger partial charge in [0.05, 0.1) is 5.69 Å². The van der Waals surface area contributed by atoms with Crippen molar-refractivity contribution in [2.45, 2.75) is 30.2 Å². The lowest BCUT2D eigenvalue weighted by Gasteiger charge is -2.29. The van der Waals surface area contributed by atoms with Gasteiger partial charge in [-0.15, -0.1) is 24.2 Å². The monoisotopic (exact) mass is 431 g/mol. The second kappa shape index (κ2) is 10.1. The predicted molar refractivity (Wildman–Crippen MR) is 120 cm³/mol. The van der Waals surface area contributed by atoms with Crippen molar-refractivity contribution >= 4 is 41.7 Å². The van der Waals surface area contributed by atoms with E-state index in [1.54, 1.807) is 11.8 Å². The zero-order valence-corrected chi connectivity index (χ0v) is 17.9. The number of nitrogens with one attached hydrogen (secondary N) is 2. The molecule has 0 aliphatic carbocycles. The van der Waals surface area contributed by atoms with Crippen LogP contribution in [0.1, 0.15) is 30.0 Å². The second-order valence-corrected chi connectivity index (χ2v) is 8.26. The van der Waals surface area contributed by atoms with Gasteiger partial charge in [-0.05, 0) is 36.2 Å². The highest BCUT2D eigenvalue weighted by Crippen LogP contribution is 2.34. The molecule has 0 aromatic heterocycles. The third-order valence-electron chi connectivity index (χ3n) is 5.31. The van der Waals surface area contributed by atoms with Crippen LogP contribution in [0.3, 0.4) is 0 Å². The van der Waals surface area contributed by atoms with E-state index in [0.29, 0.717) is 13.1 Å². The molecule has 29 heavy (non-hydrogen) atoms. The lowest BCUT2D eigenvalue weighted by atomic mass is 9.94. The van der Waals surface area contributed by atoms with Crippen LogP contribution in [-0.2, 0) is 16.0 Å². The number of hydrogen-bond acceptors (Lipinski definition) is 4. The molecule has 2 aliphatic heterocycles. The lowest BCUT2D eigenvalue weighted by Crippen LogP contribution is -2.39. The van der Waals surface area contributed by atoms with E-state index in [1.165, 1.54) is 11.1 Å². The van der Waals surface area contributed by atoms with Crippen molar-refractivity contribution in [2.24, 2.45) is 0 Å². The summed E-state index contributed by atoms with van der Waals surface area (Å²) in [5, 5.41) is 6.46. The van der Waals surface area contributed by atoms with Crippen molar-refractivity contribution in [2.75, 3.05) is 30.3 Å². The summed E-state index contributed by atoms with van der Waals surface area (Å²) in [6, 6.07) is 16.5. The molecule has 2 aromatic rings. The normalized spacial score (nSPS) is 17.5. The molecule has 0 fully saturated rings. The molecule has 0 bridgehead atoms. The summed E-state index contributed by atoms with van der Waals surface area (Å²) in [7, 11) is 0. The van der Waals surface area contributed by atoms with Gasteiger partial charge in [-0.1, -0.05) is 36.4 Å². The first-order chi connectivity index (χ1) is 13.7. The Kier molecular flexibility index (Phi) is 7.58. The number of rotatable bonds is 5. The molecule has 0 spiro atoms. The zero-order valence-electron chi connectivity index (χ0n) is 16.2. The standard InChI is InChI=1S/C22H25N3O2S.ClH/c26-21(24-15-18-17-6-2-1-5-16(17)11-12-23-18)9-10-22(27)25-13-14-28-20-8-4-3-7-19(20)25;/h1-8,18,23H,9-15H2,(H,24,26);1H. The highest BCUT2D eigenvalue weighted by Gasteiger charge is 2.23. The van der Waals surface area contributed by atoms with Crippen molar-refractivity contribution in [3.63, 3.8) is 0 Å². The predicted octanol–water partition coefficient (Wildman–Crippen LogP) is 3.33. The van der Waals surface area contributed by atoms with Gasteiger partial charge < -0.3 is 15.5 Å². The van der Waals surface area contributed by atoms with Gasteiger partial charge in [0.2, 0.25) is 11.8 Å². The lowest BCUT2D eigenvalue weighted by molar-refractivity contribution is -0.125. The Bertz CT molecular complexity index is 877. The van der Waals surface area contributed by atoms with Crippen molar-refractivity contribution < 1.29 is 9.59 Å². The van der Waals surface area contributed by atoms with E-state index in [-0.39, 0.29) is 43.1 Å². The molecule has 1 atom stereocenters. The maximum absolute atomic E-state index is 12.7. The number of carbonyl (C=O) groups is 2. The molecule has 2 heterocycles. The number of hydrogen-bond donors (Lipinski definition) is 2. The first-order valence-corrected chi connectivity index (χ1v) is 10.8. The number of fused-ring (bicyclic) bond motifs is 2. The summed E-state index contributed by atoms with van der Waals surface area (Å²) in [6.45, 7) is 2.17. The van der Waals surface area contributed by atoms with Crippen LogP contribution in [0.2, 0.25) is 0 Å². The van der Waals surface area contributed by atoms with E-state index in [2.05, 4.69) is 28.8 Å². The van der Waals surface area contributed by atoms with E-state index in [4.69, 9.17) is 0 Å². The maximum atomic E-state index is 12.7. The van der Waals surface area contributed by atoms with Crippen LogP contribution >= 0.6 is 24.2 Å². The van der Waals surface area contributed by atoms with E-state index in [0.717, 1.165) is 29.3 Å². The quantitative estimate of drug-likeness (QED) is 0.762. The van der Waals surface area contributed by atoms with Crippen molar-refractivity contribution in [3.8, 4) is 0 Å². The molecule has 2 N–H and O–H groups in total. The van der Waals surface area contributed by atoms with E-state index in [1.807, 2.05) is 35.2 Å². The topological polar surface area (TPSA) is 61.4 Å². The third-order valence-corrected chi connectivity index (χ3v) is 6.36. The second-order valence-electron chi connectivity index (χ2n) is 7.12. The minimum Gasteiger partial charge on any atom is -0.354 e. The molecular formula is C22H26ClN3O2S. The largest absolute Gasteiger partial charge is 0.354 e. The number of para-hydroxylation sites is 1. The van der Waals surface area contributed by atoms with Crippen LogP contribution in [0.15, 0.2) is 53.4 Å². The molecule has 2 amide bonds. The number of carbonyl (C=O) groups excluding carboxylic acids is 2. The van der Waals surface area contributed by atoms with Crippen molar-refractivity contribution in [1.82, 2.24) is 10.6 Å². The fourth-order valence-corrected chi connectivity index (χ4v) is 4.86. The maximum Gasteiger partial charge on any atom is 0.227 e. The van der Waals surface area contributed by atoms with Crippen LogP contribution in [0, 0.1) is 0 Å². The van der Waals surface area contributed by atoms with Gasteiger partial charge in [0.25, 0.3) is 0 Å². The smallest absolute Gasteiger partial charge is 0.227 e. The molecule has 4 rings (SSSR count). The minimum atomic E-state index is -0.0714. The highest BCUT2D eigenvalue weighted by molar-refractivity contribution is 7.99. The van der Waals surface area contributed by atoms with Gasteiger partial charge >= 0.3 is 0 Å². The molecule has 1 unspecified atom stereocenters. The third kappa shape index (κ3) is 5.13. The number of anilines is 1. The first kappa shape index (κ1) is 21.7. The first-order valence-electron chi connectivity index (χ1n) is 9.82. The average Bonchev–Trinajstić information content (AvgIpc) is 2.75. The average molecular weight is 432 g/mol. The number of benzene rings is 2. The number of nitrogens with zero attached hydrogens (tertiary/aromatic N) is 1. The molecule has 5 nitrogen and oxygen atoms in total. The Hall–Kier alpha value is -2.02. The SMILES string of the molecule is Cl.O=C(CCC(=O)N1CCSc2ccccc21)NCC1NCCc2ccccc21. The summed E-state index contributed by atoms with van der Waals surface area (Å²) in [4.78, 5) is 27.9. The Balaban J connectivity index is 0.00000240. The summed E-state index contributed by atoms with van der Waals surface area (Å²) >= 11 is 1.77. The Labute approximate surface area is 182 Å². The summed E-state index contributed by atoms with van der Waals surface area (Å²) < 4.78 is 0. The minimum absolute atomic E-state index is 0. The van der Waals surface area contributed by atoms with Crippen LogP contribution in [0.5, 0.6) is 0 Å². The Morgan fingerprint density at radius 1 is 1.10 bits per heavy atom. The van der Waals surface area contributed by atoms with E-state index in [9.17, 15) is 9.59 Å². The molecule has 0 saturated heterocycles. The summed E-state index contributed by atoms with van der Waals surface area (Å²) in [6.07, 6.45) is 1.48. The van der Waals surface area contributed by atoms with Gasteiger partial charge in [-0.25, -0.2) is 0 Å². The van der Waals surface area contributed by atoms with E-state index < -0.39 is 0 Å². The van der Waals surface area contributed by atoms with Crippen LogP contribution in [0.4, 0.5) is 5.69 Å². The molecule has 154 valence electrons. The number of amides is 2. The van der Waals surface area contributed by atoms with Gasteiger partial charge in [-0.3, -0.25) is 9.59 Å². The molecule has 2 aliphatic rings. The highest BCUT2D eigenvalue weighted by atomic mass is 35.5.